The number of methoxy groups -OCH3 is 1. The summed E-state index contributed by atoms with van der Waals surface area (Å²) >= 11 is 6.22. The van der Waals surface area contributed by atoms with Gasteiger partial charge in [-0.2, -0.15) is 0 Å². The molecule has 1 heterocycles. The summed E-state index contributed by atoms with van der Waals surface area (Å²) in [5.74, 6) is 1.08. The third-order valence-corrected chi connectivity index (χ3v) is 3.54. The predicted molar refractivity (Wildman–Crippen MR) is 90.7 cm³/mol. The second kappa shape index (κ2) is 8.64. The van der Waals surface area contributed by atoms with Gasteiger partial charge in [0.05, 0.1) is 23.0 Å². The molecule has 2 rings (SSSR count). The quantitative estimate of drug-likeness (QED) is 0.745. The molecule has 0 aliphatic heterocycles. The topological polar surface area (TPSA) is 69.2 Å². The molecule has 0 amide bonds. The first-order valence-corrected chi connectivity index (χ1v) is 7.96. The predicted octanol–water partition coefficient (Wildman–Crippen LogP) is 3.42. The second-order valence-corrected chi connectivity index (χ2v) is 5.25. The summed E-state index contributed by atoms with van der Waals surface area (Å²) in [6.45, 7) is 5.06. The number of benzene rings is 1. The average Bonchev–Trinajstić information content (AvgIpc) is 2.57. The van der Waals surface area contributed by atoms with Gasteiger partial charge in [0.25, 0.3) is 0 Å². The summed E-state index contributed by atoms with van der Waals surface area (Å²) in [7, 11) is 1.63. The van der Waals surface area contributed by atoms with Crippen LogP contribution in [0.5, 0.6) is 5.75 Å². The van der Waals surface area contributed by atoms with Crippen molar-refractivity contribution in [3.05, 3.63) is 34.6 Å². The van der Waals surface area contributed by atoms with Gasteiger partial charge in [0, 0.05) is 12.8 Å². The summed E-state index contributed by atoms with van der Waals surface area (Å²) in [4.78, 5) is 4.49. The molecule has 0 aliphatic carbocycles. The lowest BCUT2D eigenvalue weighted by atomic mass is 10.2. The molecule has 2 aromatic rings. The molecule has 0 spiro atoms. The van der Waals surface area contributed by atoms with Gasteiger partial charge < -0.3 is 14.8 Å². The number of aryl methyl sites for hydroxylation is 2. The van der Waals surface area contributed by atoms with Crippen LogP contribution in [-0.4, -0.2) is 35.5 Å². The van der Waals surface area contributed by atoms with Crippen LogP contribution < -0.4 is 10.1 Å². The molecule has 124 valence electrons. The van der Waals surface area contributed by atoms with Crippen molar-refractivity contribution in [1.29, 1.82) is 0 Å². The van der Waals surface area contributed by atoms with E-state index in [1.807, 2.05) is 13.0 Å². The van der Waals surface area contributed by atoms with Crippen LogP contribution in [0.3, 0.4) is 0 Å². The SMILES string of the molecule is CCc1nnc(Nc2ccc(OCCOC)c(Cl)c2)nc1CC. The Hall–Kier alpha value is -1.92. The molecule has 0 saturated heterocycles. The largest absolute Gasteiger partial charge is 0.490 e. The fourth-order valence-corrected chi connectivity index (χ4v) is 2.29. The Morgan fingerprint density at radius 2 is 1.87 bits per heavy atom. The number of rotatable bonds is 8. The molecule has 0 unspecified atom stereocenters. The maximum Gasteiger partial charge on any atom is 0.247 e. The van der Waals surface area contributed by atoms with Gasteiger partial charge in [-0.15, -0.1) is 10.2 Å². The van der Waals surface area contributed by atoms with E-state index in [4.69, 9.17) is 21.1 Å². The molecule has 1 aromatic carbocycles. The lowest BCUT2D eigenvalue weighted by Gasteiger charge is -2.11. The summed E-state index contributed by atoms with van der Waals surface area (Å²) in [5.41, 5.74) is 2.66. The van der Waals surface area contributed by atoms with Crippen molar-refractivity contribution in [2.45, 2.75) is 26.7 Å². The van der Waals surface area contributed by atoms with E-state index >= 15 is 0 Å². The maximum absolute atomic E-state index is 6.22. The number of ether oxygens (including phenoxy) is 2. The van der Waals surface area contributed by atoms with Crippen molar-refractivity contribution in [2.24, 2.45) is 0 Å². The van der Waals surface area contributed by atoms with E-state index < -0.39 is 0 Å². The van der Waals surface area contributed by atoms with Crippen LogP contribution in [0, 0.1) is 0 Å². The summed E-state index contributed by atoms with van der Waals surface area (Å²) < 4.78 is 10.5. The minimum Gasteiger partial charge on any atom is -0.490 e. The highest BCUT2D eigenvalue weighted by Gasteiger charge is 2.08. The number of anilines is 2. The Bertz CT molecular complexity index is 652. The zero-order valence-electron chi connectivity index (χ0n) is 13.6. The third-order valence-electron chi connectivity index (χ3n) is 3.24. The molecular weight excluding hydrogens is 316 g/mol. The van der Waals surface area contributed by atoms with Crippen molar-refractivity contribution in [1.82, 2.24) is 15.2 Å². The van der Waals surface area contributed by atoms with Crippen molar-refractivity contribution in [3.8, 4) is 5.75 Å². The molecule has 1 N–H and O–H groups in total. The van der Waals surface area contributed by atoms with Crippen LogP contribution in [0.25, 0.3) is 0 Å². The molecule has 0 bridgehead atoms. The number of aromatic nitrogens is 3. The first kappa shape index (κ1) is 17.4. The van der Waals surface area contributed by atoms with Crippen LogP contribution in [0.2, 0.25) is 5.02 Å². The van der Waals surface area contributed by atoms with Gasteiger partial charge in [-0.05, 0) is 31.0 Å². The average molecular weight is 337 g/mol. The highest BCUT2D eigenvalue weighted by Crippen LogP contribution is 2.28. The molecule has 1 aromatic heterocycles. The molecule has 0 radical (unpaired) electrons. The van der Waals surface area contributed by atoms with E-state index in [-0.39, 0.29) is 0 Å². The molecule has 6 nitrogen and oxygen atoms in total. The Morgan fingerprint density at radius 3 is 2.52 bits per heavy atom. The van der Waals surface area contributed by atoms with E-state index in [0.717, 1.165) is 29.9 Å². The van der Waals surface area contributed by atoms with Crippen molar-refractivity contribution in [2.75, 3.05) is 25.6 Å². The van der Waals surface area contributed by atoms with E-state index in [2.05, 4.69) is 27.4 Å². The lowest BCUT2D eigenvalue weighted by Crippen LogP contribution is -2.07. The zero-order valence-corrected chi connectivity index (χ0v) is 14.4. The van der Waals surface area contributed by atoms with Gasteiger partial charge in [-0.25, -0.2) is 4.98 Å². The van der Waals surface area contributed by atoms with Crippen LogP contribution in [0.15, 0.2) is 18.2 Å². The minimum atomic E-state index is 0.453. The Labute approximate surface area is 141 Å². The highest BCUT2D eigenvalue weighted by atomic mass is 35.5. The van der Waals surface area contributed by atoms with E-state index in [1.165, 1.54) is 0 Å². The summed E-state index contributed by atoms with van der Waals surface area (Å²) in [6.07, 6.45) is 1.64. The van der Waals surface area contributed by atoms with Crippen molar-refractivity contribution >= 4 is 23.2 Å². The van der Waals surface area contributed by atoms with Gasteiger partial charge in [0.15, 0.2) is 0 Å². The number of hydrogen-bond donors (Lipinski definition) is 1. The van der Waals surface area contributed by atoms with Gasteiger partial charge >= 0.3 is 0 Å². The Morgan fingerprint density at radius 1 is 1.09 bits per heavy atom. The zero-order chi connectivity index (χ0) is 16.7. The smallest absolute Gasteiger partial charge is 0.247 e. The van der Waals surface area contributed by atoms with Crippen molar-refractivity contribution in [3.63, 3.8) is 0 Å². The van der Waals surface area contributed by atoms with Crippen LogP contribution in [-0.2, 0) is 17.6 Å². The fraction of sp³-hybridized carbons (Fsp3) is 0.438. The van der Waals surface area contributed by atoms with Gasteiger partial charge in [-0.3, -0.25) is 0 Å². The summed E-state index contributed by atoms with van der Waals surface area (Å²) in [5, 5.41) is 11.9. The number of hydrogen-bond acceptors (Lipinski definition) is 6. The number of nitrogens with zero attached hydrogens (tertiary/aromatic N) is 3. The molecule has 23 heavy (non-hydrogen) atoms. The second-order valence-electron chi connectivity index (χ2n) is 4.85. The molecule has 7 heteroatoms. The minimum absolute atomic E-state index is 0.453. The van der Waals surface area contributed by atoms with Crippen LogP contribution >= 0.6 is 11.6 Å². The van der Waals surface area contributed by atoms with Crippen molar-refractivity contribution < 1.29 is 9.47 Å². The molecule has 0 aliphatic rings. The lowest BCUT2D eigenvalue weighted by molar-refractivity contribution is 0.146. The van der Waals surface area contributed by atoms with E-state index in [9.17, 15) is 0 Å². The first-order valence-electron chi connectivity index (χ1n) is 7.58. The van der Waals surface area contributed by atoms with Gasteiger partial charge in [0.1, 0.15) is 12.4 Å². The van der Waals surface area contributed by atoms with E-state index in [0.29, 0.717) is 29.9 Å². The Kier molecular flexibility index (Phi) is 6.55. The third kappa shape index (κ3) is 4.77. The number of nitrogens with one attached hydrogen (secondary N) is 1. The maximum atomic E-state index is 6.22. The fourth-order valence-electron chi connectivity index (χ4n) is 2.05. The monoisotopic (exact) mass is 336 g/mol. The van der Waals surface area contributed by atoms with E-state index in [1.54, 1.807) is 19.2 Å². The normalized spacial score (nSPS) is 10.6. The first-order chi connectivity index (χ1) is 11.2. The summed E-state index contributed by atoms with van der Waals surface area (Å²) in [6, 6.07) is 5.43. The van der Waals surface area contributed by atoms with Crippen LogP contribution in [0.1, 0.15) is 25.2 Å². The van der Waals surface area contributed by atoms with Gasteiger partial charge in [0.2, 0.25) is 5.95 Å². The number of halogens is 1. The highest BCUT2D eigenvalue weighted by molar-refractivity contribution is 6.32. The molecule has 0 atom stereocenters. The molecule has 0 fully saturated rings. The van der Waals surface area contributed by atoms with Crippen LogP contribution in [0.4, 0.5) is 11.6 Å². The Balaban J connectivity index is 2.09. The van der Waals surface area contributed by atoms with Gasteiger partial charge in [-0.1, -0.05) is 25.4 Å². The molecule has 0 saturated carbocycles. The standard InChI is InChI=1S/C16H21ClN4O2/c1-4-13-14(5-2)20-21-16(19-13)18-11-6-7-15(12(17)10-11)23-9-8-22-3/h6-7,10H,4-5,8-9H2,1-3H3,(H,18,19,21). The molecular formula is C16H21ClN4O2.